The Balaban J connectivity index is 2.37. The van der Waals surface area contributed by atoms with Gasteiger partial charge >= 0.3 is 5.97 Å². The molecule has 116 valence electrons. The summed E-state index contributed by atoms with van der Waals surface area (Å²) in [6.45, 7) is 5.60. The highest BCUT2D eigenvalue weighted by Crippen LogP contribution is 2.19. The molecule has 0 aliphatic heterocycles. The highest BCUT2D eigenvalue weighted by molar-refractivity contribution is 5.85. The first-order valence-corrected chi connectivity index (χ1v) is 6.90. The number of hydrogen-bond donors (Lipinski definition) is 1. The summed E-state index contributed by atoms with van der Waals surface area (Å²) in [5.74, 6) is -0.872. The summed E-state index contributed by atoms with van der Waals surface area (Å²) >= 11 is 0. The van der Waals surface area contributed by atoms with Crippen molar-refractivity contribution in [3.8, 4) is 5.75 Å². The van der Waals surface area contributed by atoms with Crippen molar-refractivity contribution in [2.75, 3.05) is 19.8 Å². The SMILES string of the molecule is CC(C)CCOCCOc1ccc(/C=C/C(=O)O)cc1F. The Hall–Kier alpha value is -1.88. The van der Waals surface area contributed by atoms with E-state index in [0.717, 1.165) is 12.5 Å². The van der Waals surface area contributed by atoms with Crippen molar-refractivity contribution in [2.45, 2.75) is 20.3 Å². The maximum atomic E-state index is 13.7. The molecular formula is C16H21FO4. The third kappa shape index (κ3) is 7.46. The van der Waals surface area contributed by atoms with Gasteiger partial charge in [-0.05, 0) is 36.1 Å². The number of carboxylic acid groups (broad SMARTS) is 1. The van der Waals surface area contributed by atoms with Gasteiger partial charge in [0.1, 0.15) is 6.61 Å². The molecule has 5 heteroatoms. The number of carboxylic acids is 1. The molecule has 0 aliphatic rings. The van der Waals surface area contributed by atoms with E-state index in [1.165, 1.54) is 18.2 Å². The van der Waals surface area contributed by atoms with Crippen molar-refractivity contribution < 1.29 is 23.8 Å². The lowest BCUT2D eigenvalue weighted by molar-refractivity contribution is -0.131. The topological polar surface area (TPSA) is 55.8 Å². The van der Waals surface area contributed by atoms with Crippen LogP contribution in [0.2, 0.25) is 0 Å². The first kappa shape index (κ1) is 17.2. The van der Waals surface area contributed by atoms with Crippen molar-refractivity contribution in [3.63, 3.8) is 0 Å². The molecule has 0 saturated carbocycles. The molecule has 1 aromatic rings. The molecular weight excluding hydrogens is 275 g/mol. The Morgan fingerprint density at radius 3 is 2.71 bits per heavy atom. The second-order valence-corrected chi connectivity index (χ2v) is 5.00. The van der Waals surface area contributed by atoms with Gasteiger partial charge in [-0.25, -0.2) is 9.18 Å². The summed E-state index contributed by atoms with van der Waals surface area (Å²) in [5, 5.41) is 8.50. The lowest BCUT2D eigenvalue weighted by atomic mass is 10.1. The van der Waals surface area contributed by atoms with Gasteiger partial charge in [-0.1, -0.05) is 19.9 Å². The molecule has 1 N–H and O–H groups in total. The van der Waals surface area contributed by atoms with E-state index in [1.54, 1.807) is 6.07 Å². The third-order valence-corrected chi connectivity index (χ3v) is 2.70. The van der Waals surface area contributed by atoms with Crippen LogP contribution in [0.15, 0.2) is 24.3 Å². The van der Waals surface area contributed by atoms with Crippen LogP contribution in [0, 0.1) is 11.7 Å². The maximum Gasteiger partial charge on any atom is 0.328 e. The largest absolute Gasteiger partial charge is 0.488 e. The average molecular weight is 296 g/mol. The molecule has 0 aliphatic carbocycles. The zero-order chi connectivity index (χ0) is 15.7. The van der Waals surface area contributed by atoms with E-state index in [4.69, 9.17) is 14.6 Å². The van der Waals surface area contributed by atoms with Gasteiger partial charge < -0.3 is 14.6 Å². The molecule has 0 atom stereocenters. The molecule has 0 amide bonds. The van der Waals surface area contributed by atoms with Gasteiger partial charge in [0.2, 0.25) is 0 Å². The van der Waals surface area contributed by atoms with E-state index in [2.05, 4.69) is 13.8 Å². The Morgan fingerprint density at radius 2 is 2.10 bits per heavy atom. The van der Waals surface area contributed by atoms with Crippen LogP contribution in [0.4, 0.5) is 4.39 Å². The maximum absolute atomic E-state index is 13.7. The van der Waals surface area contributed by atoms with Crippen LogP contribution in [0.3, 0.4) is 0 Å². The molecule has 0 bridgehead atoms. The van der Waals surface area contributed by atoms with Crippen LogP contribution in [0.25, 0.3) is 6.08 Å². The number of carbonyl (C=O) groups is 1. The summed E-state index contributed by atoms with van der Waals surface area (Å²) in [5.41, 5.74) is 0.468. The summed E-state index contributed by atoms with van der Waals surface area (Å²) in [6, 6.07) is 4.30. The van der Waals surface area contributed by atoms with Crippen molar-refractivity contribution in [2.24, 2.45) is 5.92 Å². The molecule has 0 spiro atoms. The molecule has 0 saturated heterocycles. The molecule has 1 rings (SSSR count). The van der Waals surface area contributed by atoms with Crippen molar-refractivity contribution in [1.82, 2.24) is 0 Å². The number of hydrogen-bond acceptors (Lipinski definition) is 3. The van der Waals surface area contributed by atoms with Crippen molar-refractivity contribution in [3.05, 3.63) is 35.7 Å². The van der Waals surface area contributed by atoms with E-state index in [-0.39, 0.29) is 12.4 Å². The number of benzene rings is 1. The molecule has 0 unspecified atom stereocenters. The van der Waals surface area contributed by atoms with E-state index in [1.807, 2.05) is 0 Å². The molecule has 0 fully saturated rings. The zero-order valence-electron chi connectivity index (χ0n) is 12.3. The Bertz CT molecular complexity index is 483. The van der Waals surface area contributed by atoms with Gasteiger partial charge in [0.15, 0.2) is 11.6 Å². The van der Waals surface area contributed by atoms with Gasteiger partial charge in [-0.15, -0.1) is 0 Å². The van der Waals surface area contributed by atoms with E-state index in [0.29, 0.717) is 24.7 Å². The van der Waals surface area contributed by atoms with Gasteiger partial charge in [0.25, 0.3) is 0 Å². The third-order valence-electron chi connectivity index (χ3n) is 2.70. The van der Waals surface area contributed by atoms with E-state index in [9.17, 15) is 9.18 Å². The van der Waals surface area contributed by atoms with Crippen molar-refractivity contribution >= 4 is 12.0 Å². The first-order chi connectivity index (χ1) is 9.99. The lowest BCUT2D eigenvalue weighted by Gasteiger charge is -2.09. The molecule has 0 heterocycles. The fraction of sp³-hybridized carbons (Fsp3) is 0.438. The summed E-state index contributed by atoms with van der Waals surface area (Å²) < 4.78 is 24.4. The second-order valence-electron chi connectivity index (χ2n) is 5.00. The minimum Gasteiger partial charge on any atom is -0.488 e. The monoisotopic (exact) mass is 296 g/mol. The zero-order valence-corrected chi connectivity index (χ0v) is 12.3. The molecule has 1 aromatic carbocycles. The number of rotatable bonds is 9. The smallest absolute Gasteiger partial charge is 0.328 e. The molecule has 21 heavy (non-hydrogen) atoms. The molecule has 0 radical (unpaired) electrons. The van der Waals surface area contributed by atoms with Crippen LogP contribution < -0.4 is 4.74 Å². The summed E-state index contributed by atoms with van der Waals surface area (Å²) in [4.78, 5) is 10.4. The fourth-order valence-corrected chi connectivity index (χ4v) is 1.54. The normalized spacial score (nSPS) is 11.2. The second kappa shape index (κ2) is 9.13. The predicted octanol–water partition coefficient (Wildman–Crippen LogP) is 3.37. The summed E-state index contributed by atoms with van der Waals surface area (Å²) in [7, 11) is 0. The van der Waals surface area contributed by atoms with Gasteiger partial charge in [-0.3, -0.25) is 0 Å². The standard InChI is InChI=1S/C16H21FO4/c1-12(2)7-8-20-9-10-21-15-5-3-13(11-14(15)17)4-6-16(18)19/h3-6,11-12H,7-10H2,1-2H3,(H,18,19)/b6-4+. The minimum atomic E-state index is -1.07. The van der Waals surface area contributed by atoms with Gasteiger partial charge in [0, 0.05) is 12.7 Å². The van der Waals surface area contributed by atoms with Gasteiger partial charge in [-0.2, -0.15) is 0 Å². The number of aliphatic carboxylic acids is 1. The Labute approximate surface area is 124 Å². The first-order valence-electron chi connectivity index (χ1n) is 6.90. The van der Waals surface area contributed by atoms with Crippen LogP contribution in [-0.4, -0.2) is 30.9 Å². The average Bonchev–Trinajstić information content (AvgIpc) is 2.41. The van der Waals surface area contributed by atoms with Crippen LogP contribution in [0.5, 0.6) is 5.75 Å². The Morgan fingerprint density at radius 1 is 1.33 bits per heavy atom. The van der Waals surface area contributed by atoms with Crippen LogP contribution in [0.1, 0.15) is 25.8 Å². The minimum absolute atomic E-state index is 0.134. The summed E-state index contributed by atoms with van der Waals surface area (Å²) in [6.07, 6.45) is 3.26. The van der Waals surface area contributed by atoms with E-state index < -0.39 is 11.8 Å². The molecule has 0 aromatic heterocycles. The highest BCUT2D eigenvalue weighted by Gasteiger charge is 2.04. The van der Waals surface area contributed by atoms with E-state index >= 15 is 0 Å². The fourth-order valence-electron chi connectivity index (χ4n) is 1.54. The highest BCUT2D eigenvalue weighted by atomic mass is 19.1. The Kier molecular flexibility index (Phi) is 7.46. The van der Waals surface area contributed by atoms with Crippen LogP contribution in [-0.2, 0) is 9.53 Å². The predicted molar refractivity (Wildman–Crippen MR) is 78.8 cm³/mol. The lowest BCUT2D eigenvalue weighted by Crippen LogP contribution is -2.09. The number of halogens is 1. The molecule has 4 nitrogen and oxygen atoms in total. The quantitative estimate of drug-likeness (QED) is 0.561. The van der Waals surface area contributed by atoms with Gasteiger partial charge in [0.05, 0.1) is 6.61 Å². The number of ether oxygens (including phenoxy) is 2. The van der Waals surface area contributed by atoms with Crippen molar-refractivity contribution in [1.29, 1.82) is 0 Å². The van der Waals surface area contributed by atoms with Crippen LogP contribution >= 0.6 is 0 Å².